The molecule has 21 heavy (non-hydrogen) atoms. The van der Waals surface area contributed by atoms with Crippen LogP contribution in [0.25, 0.3) is 0 Å². The molecule has 0 amide bonds. The predicted octanol–water partition coefficient (Wildman–Crippen LogP) is -0.0464. The number of hydrogen-bond acceptors (Lipinski definition) is 7. The maximum atomic E-state index is 11.8. The van der Waals surface area contributed by atoms with Crippen LogP contribution >= 0.6 is 0 Å². The summed E-state index contributed by atoms with van der Waals surface area (Å²) in [5.74, 6) is -0.774. The largest absolute Gasteiger partial charge is 0.401 e. The zero-order chi connectivity index (χ0) is 16.2. The summed E-state index contributed by atoms with van der Waals surface area (Å²) in [5, 5.41) is 28.3. The highest BCUT2D eigenvalue weighted by molar-refractivity contribution is 5.99. The van der Waals surface area contributed by atoms with Crippen LogP contribution in [0.2, 0.25) is 0 Å². The Morgan fingerprint density at radius 3 is 2.57 bits per heavy atom. The molecule has 0 fully saturated rings. The van der Waals surface area contributed by atoms with Gasteiger partial charge in [-0.25, -0.2) is 0 Å². The number of nitrogens with zero attached hydrogens (tertiary/aromatic N) is 4. The number of aromatic nitrogens is 1. The molecule has 0 aliphatic rings. The first-order chi connectivity index (χ1) is 9.81. The quantitative estimate of drug-likeness (QED) is 0.352. The van der Waals surface area contributed by atoms with E-state index in [1.54, 1.807) is 6.07 Å². The van der Waals surface area contributed by atoms with E-state index in [9.17, 15) is 19.7 Å². The van der Waals surface area contributed by atoms with Gasteiger partial charge in [0, 0.05) is 11.8 Å². The highest BCUT2D eigenvalue weighted by atomic mass is 16.6. The van der Waals surface area contributed by atoms with Crippen LogP contribution in [0, 0.1) is 32.8 Å². The van der Waals surface area contributed by atoms with Gasteiger partial charge in [-0.1, -0.05) is 0 Å². The molecule has 0 bridgehead atoms. The molecular formula is C12H9N5O4. The maximum Gasteiger partial charge on any atom is 0.287 e. The molecule has 0 aliphatic heterocycles. The van der Waals surface area contributed by atoms with E-state index < -0.39 is 34.1 Å². The molecule has 0 atom stereocenters. The number of nitrogens with two attached hydrogens (primary N) is 1. The smallest absolute Gasteiger partial charge is 0.287 e. The molecule has 9 heteroatoms. The summed E-state index contributed by atoms with van der Waals surface area (Å²) in [7, 11) is 0. The van der Waals surface area contributed by atoms with Gasteiger partial charge in [0.05, 0.1) is 17.7 Å². The zero-order valence-electron chi connectivity index (χ0n) is 10.9. The minimum Gasteiger partial charge on any atom is -0.401 e. The van der Waals surface area contributed by atoms with Crippen molar-refractivity contribution in [3.05, 3.63) is 49.6 Å². The molecule has 0 radical (unpaired) electrons. The lowest BCUT2D eigenvalue weighted by Gasteiger charge is -2.05. The molecule has 0 saturated heterocycles. The van der Waals surface area contributed by atoms with Crippen molar-refractivity contribution in [1.29, 1.82) is 10.5 Å². The number of carbonyl (C=O) groups excluding carboxylic acids is 1. The van der Waals surface area contributed by atoms with E-state index in [-0.39, 0.29) is 11.3 Å². The van der Waals surface area contributed by atoms with E-state index in [2.05, 4.69) is 0 Å². The molecule has 0 aliphatic carbocycles. The molecule has 1 heterocycles. The molecule has 1 rings (SSSR count). The molecule has 0 spiro atoms. The van der Waals surface area contributed by atoms with Crippen LogP contribution < -0.4 is 11.3 Å². The predicted molar refractivity (Wildman–Crippen MR) is 69.6 cm³/mol. The van der Waals surface area contributed by atoms with Crippen molar-refractivity contribution in [2.45, 2.75) is 13.5 Å². The first-order valence-electron chi connectivity index (χ1n) is 5.50. The zero-order valence-corrected chi connectivity index (χ0v) is 10.9. The summed E-state index contributed by atoms with van der Waals surface area (Å²) < 4.78 is 0.708. The first-order valence-corrected chi connectivity index (χ1v) is 5.50. The van der Waals surface area contributed by atoms with Crippen LogP contribution in [0.1, 0.15) is 12.5 Å². The fourth-order valence-corrected chi connectivity index (χ4v) is 1.52. The molecule has 0 unspecified atom stereocenters. The van der Waals surface area contributed by atoms with Crippen LogP contribution in [0.4, 0.5) is 5.69 Å². The van der Waals surface area contributed by atoms with E-state index in [1.165, 1.54) is 13.0 Å². The lowest BCUT2D eigenvalue weighted by Crippen LogP contribution is -2.27. The van der Waals surface area contributed by atoms with E-state index in [4.69, 9.17) is 16.3 Å². The number of hydrogen-bond donors (Lipinski definition) is 1. The van der Waals surface area contributed by atoms with E-state index in [0.717, 1.165) is 12.3 Å². The average molecular weight is 287 g/mol. The van der Waals surface area contributed by atoms with Gasteiger partial charge in [0.2, 0.25) is 0 Å². The monoisotopic (exact) mass is 287 g/mol. The number of carbonyl (C=O) groups is 1. The average Bonchev–Trinajstić information content (AvgIpc) is 2.41. The maximum absolute atomic E-state index is 11.8. The second-order valence-corrected chi connectivity index (χ2v) is 4.01. The Kier molecular flexibility index (Phi) is 4.55. The number of rotatable bonds is 4. The Hall–Kier alpha value is -3.46. The SMILES string of the molecule is C/C(N)=C(/C#N)C(=O)Cn1cc([N+](=O)[O-])cc(C#N)c1=O. The normalized spacial score (nSPS) is 11.0. The summed E-state index contributed by atoms with van der Waals surface area (Å²) >= 11 is 0. The number of nitriles is 2. The number of Topliss-reactive ketones (excluding diaryl/α,β-unsaturated/α-hetero) is 1. The van der Waals surface area contributed by atoms with Gasteiger partial charge in [-0.2, -0.15) is 10.5 Å². The van der Waals surface area contributed by atoms with Crippen molar-refractivity contribution >= 4 is 11.5 Å². The minimum absolute atomic E-state index is 0.0264. The summed E-state index contributed by atoms with van der Waals surface area (Å²) in [5.41, 5.74) is 3.16. The van der Waals surface area contributed by atoms with Crippen molar-refractivity contribution in [3.63, 3.8) is 0 Å². The van der Waals surface area contributed by atoms with Gasteiger partial charge in [-0.15, -0.1) is 0 Å². The Morgan fingerprint density at radius 1 is 1.52 bits per heavy atom. The fraction of sp³-hybridized carbons (Fsp3) is 0.167. The van der Waals surface area contributed by atoms with E-state index >= 15 is 0 Å². The number of nitro groups is 1. The van der Waals surface area contributed by atoms with Crippen LogP contribution in [0.15, 0.2) is 28.3 Å². The minimum atomic E-state index is -0.858. The standard InChI is InChI=1S/C12H9N5O4/c1-7(15)10(4-14)11(18)6-16-5-9(17(20)21)2-8(3-13)12(16)19/h2,5H,6,15H2,1H3/b10-7+. The number of pyridine rings is 1. The van der Waals surface area contributed by atoms with E-state index in [1.807, 2.05) is 0 Å². The lowest BCUT2D eigenvalue weighted by molar-refractivity contribution is -0.385. The summed E-state index contributed by atoms with van der Waals surface area (Å²) in [6, 6.07) is 3.94. The Bertz CT molecular complexity index is 787. The van der Waals surface area contributed by atoms with Crippen molar-refractivity contribution in [3.8, 4) is 12.1 Å². The number of allylic oxidation sites excluding steroid dienone is 2. The fourth-order valence-electron chi connectivity index (χ4n) is 1.52. The van der Waals surface area contributed by atoms with Crippen molar-refractivity contribution < 1.29 is 9.72 Å². The molecule has 0 saturated carbocycles. The summed E-state index contributed by atoms with van der Waals surface area (Å²) in [4.78, 5) is 33.6. The first kappa shape index (κ1) is 15.6. The van der Waals surface area contributed by atoms with Crippen LogP contribution in [-0.4, -0.2) is 15.3 Å². The third-order valence-electron chi connectivity index (χ3n) is 2.50. The van der Waals surface area contributed by atoms with Gasteiger partial charge in [0.1, 0.15) is 23.3 Å². The van der Waals surface area contributed by atoms with Crippen molar-refractivity contribution in [1.82, 2.24) is 4.57 Å². The molecular weight excluding hydrogens is 278 g/mol. The Morgan fingerprint density at radius 2 is 2.14 bits per heavy atom. The van der Waals surface area contributed by atoms with Gasteiger partial charge in [0.15, 0.2) is 5.78 Å². The van der Waals surface area contributed by atoms with Crippen molar-refractivity contribution in [2.24, 2.45) is 5.73 Å². The molecule has 2 N–H and O–H groups in total. The molecule has 1 aromatic heterocycles. The van der Waals surface area contributed by atoms with Gasteiger partial charge in [-0.3, -0.25) is 24.3 Å². The van der Waals surface area contributed by atoms with Gasteiger partial charge < -0.3 is 5.73 Å². The van der Waals surface area contributed by atoms with Crippen LogP contribution in [-0.2, 0) is 11.3 Å². The second kappa shape index (κ2) is 6.12. The highest BCUT2D eigenvalue weighted by Crippen LogP contribution is 2.10. The lowest BCUT2D eigenvalue weighted by atomic mass is 10.1. The molecule has 106 valence electrons. The van der Waals surface area contributed by atoms with Crippen molar-refractivity contribution in [2.75, 3.05) is 0 Å². The second-order valence-electron chi connectivity index (χ2n) is 4.01. The molecule has 9 nitrogen and oxygen atoms in total. The number of ketones is 1. The van der Waals surface area contributed by atoms with Gasteiger partial charge in [-0.05, 0) is 6.92 Å². The Labute approximate surface area is 118 Å². The molecule has 1 aromatic rings. The van der Waals surface area contributed by atoms with Gasteiger partial charge >= 0.3 is 0 Å². The highest BCUT2D eigenvalue weighted by Gasteiger charge is 2.18. The molecule has 0 aromatic carbocycles. The third kappa shape index (κ3) is 3.30. The van der Waals surface area contributed by atoms with Crippen LogP contribution in [0.3, 0.4) is 0 Å². The van der Waals surface area contributed by atoms with Crippen LogP contribution in [0.5, 0.6) is 0 Å². The summed E-state index contributed by atoms with van der Waals surface area (Å²) in [6.45, 7) is 0.722. The third-order valence-corrected chi connectivity index (χ3v) is 2.50. The summed E-state index contributed by atoms with van der Waals surface area (Å²) in [6.07, 6.45) is 0.835. The van der Waals surface area contributed by atoms with Gasteiger partial charge in [0.25, 0.3) is 11.2 Å². The van der Waals surface area contributed by atoms with E-state index in [0.29, 0.717) is 4.57 Å². The Balaban J connectivity index is 3.37. The topological polar surface area (TPSA) is 156 Å².